The first-order valence-electron chi connectivity index (χ1n) is 6.14. The summed E-state index contributed by atoms with van der Waals surface area (Å²) in [4.78, 5) is 2.58. The molecule has 0 aromatic carbocycles. The summed E-state index contributed by atoms with van der Waals surface area (Å²) in [7, 11) is 1.80. The molecule has 0 unspecified atom stereocenters. The van der Waals surface area contributed by atoms with Crippen LogP contribution in [-0.2, 0) is 4.74 Å². The molecule has 1 aliphatic rings. The SMILES string of the molecule is COCC1CCN(CCCCCCl)CC1. The van der Waals surface area contributed by atoms with E-state index in [0.717, 1.165) is 18.4 Å². The minimum absolute atomic E-state index is 0.800. The van der Waals surface area contributed by atoms with Crippen LogP contribution in [-0.4, -0.2) is 44.1 Å². The largest absolute Gasteiger partial charge is 0.384 e. The van der Waals surface area contributed by atoms with Crippen molar-refractivity contribution in [3.05, 3.63) is 0 Å². The molecule has 90 valence electrons. The second kappa shape index (κ2) is 8.37. The van der Waals surface area contributed by atoms with E-state index in [9.17, 15) is 0 Å². The lowest BCUT2D eigenvalue weighted by Crippen LogP contribution is -2.35. The van der Waals surface area contributed by atoms with Gasteiger partial charge in [0, 0.05) is 19.6 Å². The van der Waals surface area contributed by atoms with E-state index >= 15 is 0 Å². The number of piperidine rings is 1. The number of likely N-dealkylation sites (tertiary alicyclic amines) is 1. The van der Waals surface area contributed by atoms with Crippen LogP contribution in [0.5, 0.6) is 0 Å². The van der Waals surface area contributed by atoms with E-state index in [1.54, 1.807) is 7.11 Å². The van der Waals surface area contributed by atoms with Crippen LogP contribution in [0, 0.1) is 5.92 Å². The van der Waals surface area contributed by atoms with Gasteiger partial charge in [-0.25, -0.2) is 0 Å². The van der Waals surface area contributed by atoms with E-state index in [0.29, 0.717) is 0 Å². The molecule has 0 saturated carbocycles. The molecule has 0 radical (unpaired) electrons. The third kappa shape index (κ3) is 5.74. The van der Waals surface area contributed by atoms with Crippen molar-refractivity contribution in [3.8, 4) is 0 Å². The van der Waals surface area contributed by atoms with Gasteiger partial charge in [0.15, 0.2) is 0 Å². The minimum atomic E-state index is 0.800. The molecular formula is C12H24ClNO. The van der Waals surface area contributed by atoms with Gasteiger partial charge in [-0.3, -0.25) is 0 Å². The van der Waals surface area contributed by atoms with E-state index in [4.69, 9.17) is 16.3 Å². The van der Waals surface area contributed by atoms with Gasteiger partial charge in [-0.05, 0) is 51.2 Å². The Bertz CT molecular complexity index is 144. The first kappa shape index (κ1) is 13.3. The Morgan fingerprint density at radius 2 is 1.93 bits per heavy atom. The number of alkyl halides is 1. The zero-order valence-corrected chi connectivity index (χ0v) is 10.6. The number of ether oxygens (including phenoxy) is 1. The van der Waals surface area contributed by atoms with Gasteiger partial charge in [-0.2, -0.15) is 0 Å². The number of unbranched alkanes of at least 4 members (excludes halogenated alkanes) is 2. The van der Waals surface area contributed by atoms with Gasteiger partial charge in [0.25, 0.3) is 0 Å². The summed E-state index contributed by atoms with van der Waals surface area (Å²) in [5.41, 5.74) is 0. The van der Waals surface area contributed by atoms with Crippen LogP contribution in [0.2, 0.25) is 0 Å². The number of halogens is 1. The lowest BCUT2D eigenvalue weighted by atomic mass is 9.97. The molecule has 0 aromatic heterocycles. The first-order chi connectivity index (χ1) is 7.36. The molecule has 0 aliphatic carbocycles. The Balaban J connectivity index is 1.99. The molecule has 1 rings (SSSR count). The van der Waals surface area contributed by atoms with E-state index in [2.05, 4.69) is 4.90 Å². The Morgan fingerprint density at radius 1 is 1.20 bits per heavy atom. The van der Waals surface area contributed by atoms with Crippen LogP contribution in [0.4, 0.5) is 0 Å². The number of methoxy groups -OCH3 is 1. The Morgan fingerprint density at radius 3 is 2.53 bits per heavy atom. The van der Waals surface area contributed by atoms with E-state index in [1.165, 1.54) is 51.7 Å². The molecule has 3 heteroatoms. The Hall–Kier alpha value is 0.210. The van der Waals surface area contributed by atoms with Crippen molar-refractivity contribution in [1.82, 2.24) is 4.90 Å². The van der Waals surface area contributed by atoms with Crippen molar-refractivity contribution in [2.45, 2.75) is 32.1 Å². The fourth-order valence-corrected chi connectivity index (χ4v) is 2.41. The maximum atomic E-state index is 5.65. The van der Waals surface area contributed by atoms with Gasteiger partial charge in [-0.1, -0.05) is 6.42 Å². The lowest BCUT2D eigenvalue weighted by molar-refractivity contribution is 0.0988. The summed E-state index contributed by atoms with van der Waals surface area (Å²) < 4.78 is 5.20. The molecule has 1 heterocycles. The predicted molar refractivity (Wildman–Crippen MR) is 65.6 cm³/mol. The second-order valence-electron chi connectivity index (χ2n) is 4.49. The highest BCUT2D eigenvalue weighted by atomic mass is 35.5. The third-order valence-corrected chi connectivity index (χ3v) is 3.48. The van der Waals surface area contributed by atoms with Gasteiger partial charge < -0.3 is 9.64 Å². The fourth-order valence-electron chi connectivity index (χ4n) is 2.22. The molecule has 1 aliphatic heterocycles. The fraction of sp³-hybridized carbons (Fsp3) is 1.00. The zero-order valence-electron chi connectivity index (χ0n) is 9.88. The van der Waals surface area contributed by atoms with Crippen LogP contribution in [0.3, 0.4) is 0 Å². The molecule has 15 heavy (non-hydrogen) atoms. The van der Waals surface area contributed by atoms with Crippen molar-refractivity contribution in [2.75, 3.05) is 39.2 Å². The predicted octanol–water partition coefficient (Wildman–Crippen LogP) is 2.75. The molecule has 1 saturated heterocycles. The molecule has 0 N–H and O–H groups in total. The lowest BCUT2D eigenvalue weighted by Gasteiger charge is -2.31. The first-order valence-corrected chi connectivity index (χ1v) is 6.67. The van der Waals surface area contributed by atoms with E-state index in [1.807, 2.05) is 0 Å². The van der Waals surface area contributed by atoms with E-state index in [-0.39, 0.29) is 0 Å². The minimum Gasteiger partial charge on any atom is -0.384 e. The smallest absolute Gasteiger partial charge is 0.0491 e. The van der Waals surface area contributed by atoms with Gasteiger partial charge in [0.2, 0.25) is 0 Å². The van der Waals surface area contributed by atoms with Gasteiger partial charge in [0.05, 0.1) is 0 Å². The maximum absolute atomic E-state index is 5.65. The van der Waals surface area contributed by atoms with Crippen LogP contribution < -0.4 is 0 Å². The summed E-state index contributed by atoms with van der Waals surface area (Å²) in [6, 6.07) is 0. The van der Waals surface area contributed by atoms with Crippen LogP contribution in [0.1, 0.15) is 32.1 Å². The average Bonchev–Trinajstić information content (AvgIpc) is 2.27. The quantitative estimate of drug-likeness (QED) is 0.495. The van der Waals surface area contributed by atoms with Crippen LogP contribution >= 0.6 is 11.6 Å². The van der Waals surface area contributed by atoms with Crippen molar-refractivity contribution in [2.24, 2.45) is 5.92 Å². The van der Waals surface area contributed by atoms with E-state index < -0.39 is 0 Å². The van der Waals surface area contributed by atoms with Crippen LogP contribution in [0.15, 0.2) is 0 Å². The molecule has 2 nitrogen and oxygen atoms in total. The summed E-state index contributed by atoms with van der Waals surface area (Å²) in [6.07, 6.45) is 6.37. The molecule has 0 aromatic rings. The highest BCUT2D eigenvalue weighted by Gasteiger charge is 2.18. The maximum Gasteiger partial charge on any atom is 0.0491 e. The third-order valence-electron chi connectivity index (χ3n) is 3.22. The number of nitrogens with zero attached hydrogens (tertiary/aromatic N) is 1. The number of hydrogen-bond acceptors (Lipinski definition) is 2. The molecular weight excluding hydrogens is 210 g/mol. The summed E-state index contributed by atoms with van der Waals surface area (Å²) >= 11 is 5.65. The zero-order chi connectivity index (χ0) is 10.9. The standard InChI is InChI=1S/C12H24ClNO/c1-15-11-12-5-9-14(10-6-12)8-4-2-3-7-13/h12H,2-11H2,1H3. The highest BCUT2D eigenvalue weighted by Crippen LogP contribution is 2.17. The monoisotopic (exact) mass is 233 g/mol. The Kier molecular flexibility index (Phi) is 7.41. The van der Waals surface area contributed by atoms with Crippen molar-refractivity contribution in [3.63, 3.8) is 0 Å². The van der Waals surface area contributed by atoms with Crippen molar-refractivity contribution < 1.29 is 4.74 Å². The molecule has 0 amide bonds. The van der Waals surface area contributed by atoms with Gasteiger partial charge in [0.1, 0.15) is 0 Å². The topological polar surface area (TPSA) is 12.5 Å². The molecule has 0 atom stereocenters. The number of hydrogen-bond donors (Lipinski definition) is 0. The molecule has 0 bridgehead atoms. The van der Waals surface area contributed by atoms with Crippen molar-refractivity contribution in [1.29, 1.82) is 0 Å². The summed E-state index contributed by atoms with van der Waals surface area (Å²) in [6.45, 7) is 4.72. The highest BCUT2D eigenvalue weighted by molar-refractivity contribution is 6.17. The van der Waals surface area contributed by atoms with Gasteiger partial charge >= 0.3 is 0 Å². The normalized spacial score (nSPS) is 19.6. The van der Waals surface area contributed by atoms with Gasteiger partial charge in [-0.15, -0.1) is 11.6 Å². The molecule has 0 spiro atoms. The summed E-state index contributed by atoms with van der Waals surface area (Å²) in [5, 5.41) is 0. The van der Waals surface area contributed by atoms with Crippen LogP contribution in [0.25, 0.3) is 0 Å². The Labute approximate surface area is 98.9 Å². The average molecular weight is 234 g/mol. The van der Waals surface area contributed by atoms with Crippen molar-refractivity contribution >= 4 is 11.6 Å². The second-order valence-corrected chi connectivity index (χ2v) is 4.87. The number of rotatable bonds is 7. The summed E-state index contributed by atoms with van der Waals surface area (Å²) in [5.74, 6) is 1.62. The molecule has 1 fully saturated rings.